The molecule has 1 saturated heterocycles. The van der Waals surface area contributed by atoms with Gasteiger partial charge in [-0.3, -0.25) is 4.68 Å². The van der Waals surface area contributed by atoms with Crippen LogP contribution in [-0.4, -0.2) is 50.0 Å². The summed E-state index contributed by atoms with van der Waals surface area (Å²) in [6.45, 7) is 6.19. The summed E-state index contributed by atoms with van der Waals surface area (Å²) in [4.78, 5) is 0. The van der Waals surface area contributed by atoms with E-state index in [1.54, 1.807) is 7.11 Å². The molecule has 1 N–H and O–H groups in total. The van der Waals surface area contributed by atoms with Crippen LogP contribution in [0, 0.1) is 13.8 Å². The average Bonchev–Trinajstić information content (AvgIpc) is 2.87. The van der Waals surface area contributed by atoms with Crippen LogP contribution in [0.5, 0.6) is 0 Å². The molecule has 2 heterocycles. The summed E-state index contributed by atoms with van der Waals surface area (Å²) in [6, 6.07) is -0.00794. The maximum absolute atomic E-state index is 11.6. The summed E-state index contributed by atoms with van der Waals surface area (Å²) in [5.74, 6) is 0.489. The van der Waals surface area contributed by atoms with Crippen molar-refractivity contribution in [3.63, 3.8) is 0 Å². The van der Waals surface area contributed by atoms with Gasteiger partial charge in [-0.1, -0.05) is 0 Å². The van der Waals surface area contributed by atoms with Crippen LogP contribution in [0.25, 0.3) is 0 Å². The van der Waals surface area contributed by atoms with Gasteiger partial charge < -0.3 is 10.1 Å². The summed E-state index contributed by atoms with van der Waals surface area (Å²) in [5.41, 5.74) is 3.19. The molecule has 1 unspecified atom stereocenters. The van der Waals surface area contributed by atoms with E-state index in [4.69, 9.17) is 4.74 Å². The van der Waals surface area contributed by atoms with Gasteiger partial charge in [0.1, 0.15) is 0 Å². The molecular formula is C13H23N3O3S. The number of sulfone groups is 1. The van der Waals surface area contributed by atoms with Crippen molar-refractivity contribution in [3.8, 4) is 0 Å². The Morgan fingerprint density at radius 3 is 2.80 bits per heavy atom. The molecule has 1 aromatic heterocycles. The predicted molar refractivity (Wildman–Crippen MR) is 77.6 cm³/mol. The molecule has 1 aliphatic rings. The molecule has 1 fully saturated rings. The number of methoxy groups -OCH3 is 1. The maximum Gasteiger partial charge on any atom is 0.152 e. The second kappa shape index (κ2) is 6.24. The highest BCUT2D eigenvalue weighted by atomic mass is 32.2. The molecule has 0 saturated carbocycles. The fraction of sp³-hybridized carbons (Fsp3) is 0.769. The zero-order valence-corrected chi connectivity index (χ0v) is 13.2. The van der Waals surface area contributed by atoms with Crippen molar-refractivity contribution in [2.75, 3.05) is 31.8 Å². The van der Waals surface area contributed by atoms with Crippen molar-refractivity contribution in [1.29, 1.82) is 0 Å². The lowest BCUT2D eigenvalue weighted by Gasteiger charge is -2.11. The zero-order valence-electron chi connectivity index (χ0n) is 12.3. The lowest BCUT2D eigenvalue weighted by Crippen LogP contribution is -2.19. The van der Waals surface area contributed by atoms with E-state index < -0.39 is 9.84 Å². The van der Waals surface area contributed by atoms with E-state index in [1.807, 2.05) is 18.5 Å². The van der Waals surface area contributed by atoms with Crippen LogP contribution < -0.4 is 5.32 Å². The highest BCUT2D eigenvalue weighted by molar-refractivity contribution is 7.91. The van der Waals surface area contributed by atoms with Crippen molar-refractivity contribution in [3.05, 3.63) is 17.0 Å². The SMILES string of the molecule is COCCNCc1c(C)nn(C2CCS(=O)(=O)C2)c1C. The first-order chi connectivity index (χ1) is 9.44. The monoisotopic (exact) mass is 301 g/mol. The quantitative estimate of drug-likeness (QED) is 0.779. The fourth-order valence-corrected chi connectivity index (χ4v) is 4.36. The normalized spacial score (nSPS) is 21.4. The number of nitrogens with one attached hydrogen (secondary N) is 1. The van der Waals surface area contributed by atoms with Crippen LogP contribution in [0.2, 0.25) is 0 Å². The van der Waals surface area contributed by atoms with E-state index in [-0.39, 0.29) is 17.5 Å². The molecule has 1 atom stereocenters. The highest BCUT2D eigenvalue weighted by Crippen LogP contribution is 2.26. The maximum atomic E-state index is 11.6. The molecule has 0 bridgehead atoms. The van der Waals surface area contributed by atoms with Crippen LogP contribution >= 0.6 is 0 Å². The largest absolute Gasteiger partial charge is 0.383 e. The van der Waals surface area contributed by atoms with Gasteiger partial charge in [-0.05, 0) is 20.3 Å². The van der Waals surface area contributed by atoms with Crippen molar-refractivity contribution >= 4 is 9.84 Å². The van der Waals surface area contributed by atoms with Crippen molar-refractivity contribution in [1.82, 2.24) is 15.1 Å². The van der Waals surface area contributed by atoms with Crippen molar-refractivity contribution in [2.45, 2.75) is 32.9 Å². The van der Waals surface area contributed by atoms with Gasteiger partial charge in [0.25, 0.3) is 0 Å². The number of hydrogen-bond acceptors (Lipinski definition) is 5. The molecule has 1 aliphatic heterocycles. The van der Waals surface area contributed by atoms with Gasteiger partial charge >= 0.3 is 0 Å². The minimum absolute atomic E-state index is 0.00794. The van der Waals surface area contributed by atoms with Crippen LogP contribution in [0.3, 0.4) is 0 Å². The predicted octanol–water partition coefficient (Wildman–Crippen LogP) is 0.596. The third-order valence-electron chi connectivity index (χ3n) is 3.81. The van der Waals surface area contributed by atoms with E-state index in [1.165, 1.54) is 0 Å². The lowest BCUT2D eigenvalue weighted by molar-refractivity contribution is 0.199. The Morgan fingerprint density at radius 2 is 2.20 bits per heavy atom. The minimum atomic E-state index is -2.88. The van der Waals surface area contributed by atoms with Gasteiger partial charge in [-0.2, -0.15) is 5.10 Å². The molecule has 7 heteroatoms. The lowest BCUT2D eigenvalue weighted by atomic mass is 10.2. The summed E-state index contributed by atoms with van der Waals surface area (Å²) >= 11 is 0. The Balaban J connectivity index is 2.09. The highest BCUT2D eigenvalue weighted by Gasteiger charge is 2.31. The molecule has 0 aromatic carbocycles. The Bertz CT molecular complexity index is 566. The summed E-state index contributed by atoms with van der Waals surface area (Å²) in [6.07, 6.45) is 0.667. The number of nitrogens with zero attached hydrogens (tertiary/aromatic N) is 2. The molecule has 0 amide bonds. The van der Waals surface area contributed by atoms with Crippen LogP contribution in [0.1, 0.15) is 29.4 Å². The molecular weight excluding hydrogens is 278 g/mol. The molecule has 2 rings (SSSR count). The Morgan fingerprint density at radius 1 is 1.45 bits per heavy atom. The first-order valence-electron chi connectivity index (χ1n) is 6.89. The standard InChI is InChI=1S/C13H23N3O3S/c1-10-13(8-14-5-6-19-3)11(2)16(15-10)12-4-7-20(17,18)9-12/h12,14H,4-9H2,1-3H3. The van der Waals surface area contributed by atoms with Crippen molar-refractivity contribution < 1.29 is 13.2 Å². The van der Waals surface area contributed by atoms with Crippen LogP contribution in [0.15, 0.2) is 0 Å². The minimum Gasteiger partial charge on any atom is -0.383 e. The van der Waals surface area contributed by atoms with Crippen molar-refractivity contribution in [2.24, 2.45) is 0 Å². The Labute approximate surface area is 120 Å². The van der Waals surface area contributed by atoms with E-state index in [2.05, 4.69) is 10.4 Å². The summed E-state index contributed by atoms with van der Waals surface area (Å²) < 4.78 is 30.1. The topological polar surface area (TPSA) is 73.2 Å². The molecule has 1 aromatic rings. The third-order valence-corrected chi connectivity index (χ3v) is 5.56. The number of rotatable bonds is 6. The van der Waals surface area contributed by atoms with E-state index in [0.717, 1.165) is 30.0 Å². The first kappa shape index (κ1) is 15.5. The molecule has 114 valence electrons. The summed E-state index contributed by atoms with van der Waals surface area (Å²) in [7, 11) is -1.20. The van der Waals surface area contributed by atoms with Gasteiger partial charge in [-0.15, -0.1) is 0 Å². The van der Waals surface area contributed by atoms with Gasteiger partial charge in [0.05, 0.1) is 29.8 Å². The van der Waals surface area contributed by atoms with Crippen LogP contribution in [-0.2, 0) is 21.1 Å². The fourth-order valence-electron chi connectivity index (χ4n) is 2.66. The van der Waals surface area contributed by atoms with E-state index >= 15 is 0 Å². The molecule has 6 nitrogen and oxygen atoms in total. The van der Waals surface area contributed by atoms with Gasteiger partial charge in [0, 0.05) is 31.5 Å². The Hall–Kier alpha value is -0.920. The van der Waals surface area contributed by atoms with Gasteiger partial charge in [-0.25, -0.2) is 8.42 Å². The summed E-state index contributed by atoms with van der Waals surface area (Å²) in [5, 5.41) is 7.85. The van der Waals surface area contributed by atoms with E-state index in [9.17, 15) is 8.42 Å². The second-order valence-electron chi connectivity index (χ2n) is 5.32. The number of hydrogen-bond donors (Lipinski definition) is 1. The molecule has 0 aliphatic carbocycles. The molecule has 0 radical (unpaired) electrons. The molecule has 0 spiro atoms. The Kier molecular flexibility index (Phi) is 4.82. The number of aromatic nitrogens is 2. The van der Waals surface area contributed by atoms with E-state index in [0.29, 0.717) is 13.0 Å². The van der Waals surface area contributed by atoms with Gasteiger partial charge in [0.2, 0.25) is 0 Å². The number of ether oxygens (including phenoxy) is 1. The zero-order chi connectivity index (χ0) is 14.8. The van der Waals surface area contributed by atoms with Gasteiger partial charge in [0.15, 0.2) is 9.84 Å². The second-order valence-corrected chi connectivity index (χ2v) is 7.55. The average molecular weight is 301 g/mol. The molecule has 20 heavy (non-hydrogen) atoms. The number of aryl methyl sites for hydroxylation is 1. The first-order valence-corrected chi connectivity index (χ1v) is 8.71. The smallest absolute Gasteiger partial charge is 0.152 e. The third kappa shape index (κ3) is 3.39. The van der Waals surface area contributed by atoms with Crippen LogP contribution in [0.4, 0.5) is 0 Å².